The molecular weight excluding hydrogens is 482 g/mol. The Bertz CT molecular complexity index is 978. The van der Waals surface area contributed by atoms with Gasteiger partial charge in [0.2, 0.25) is 0 Å². The Hall–Kier alpha value is -3.78. The average Bonchev–Trinajstić information content (AvgIpc) is 2.91. The van der Waals surface area contributed by atoms with Gasteiger partial charge in [0, 0.05) is 25.9 Å². The lowest BCUT2D eigenvalue weighted by Crippen LogP contribution is -2.21. The van der Waals surface area contributed by atoms with Crippen molar-refractivity contribution in [3.05, 3.63) is 71.3 Å². The Morgan fingerprint density at radius 1 is 0.553 bits per heavy atom. The van der Waals surface area contributed by atoms with Gasteiger partial charge in [0.15, 0.2) is 12.4 Å². The molecular formula is C30H38F2N6. The molecule has 2 aromatic rings. The number of rotatable bonds is 17. The molecule has 0 bridgehead atoms. The van der Waals surface area contributed by atoms with E-state index in [0.29, 0.717) is 37.6 Å². The van der Waals surface area contributed by atoms with Crippen molar-refractivity contribution >= 4 is 11.7 Å². The van der Waals surface area contributed by atoms with Crippen LogP contribution in [0.25, 0.3) is 0 Å². The van der Waals surface area contributed by atoms with E-state index in [0.717, 1.165) is 36.8 Å². The highest BCUT2D eigenvalue weighted by Crippen LogP contribution is 2.11. The zero-order valence-electron chi connectivity index (χ0n) is 22.1. The molecule has 0 aliphatic heterocycles. The van der Waals surface area contributed by atoms with Gasteiger partial charge >= 0.3 is 0 Å². The first kappa shape index (κ1) is 30.4. The van der Waals surface area contributed by atoms with Gasteiger partial charge in [-0.05, 0) is 48.2 Å². The van der Waals surface area contributed by atoms with Gasteiger partial charge in [-0.2, -0.15) is 10.5 Å². The van der Waals surface area contributed by atoms with Crippen molar-refractivity contribution in [2.24, 2.45) is 9.98 Å². The molecule has 0 amide bonds. The Kier molecular flexibility index (Phi) is 15.5. The molecule has 2 N–H and O–H groups in total. The molecule has 0 heterocycles. The standard InChI is InChI=1S/C30H38F2N6/c31-27-15-11-25(12-16-27)21-29(37-23-33)35-19-9-7-5-3-1-2-4-6-8-10-20-36-30(38-24-34)22-26-13-17-28(32)18-14-26/h11-18H,1-10,19-22H2,(H,35,37)(H,36,38). The lowest BCUT2D eigenvalue weighted by molar-refractivity contribution is 0.554. The maximum atomic E-state index is 13.0. The summed E-state index contributed by atoms with van der Waals surface area (Å²) in [6.07, 6.45) is 16.4. The van der Waals surface area contributed by atoms with E-state index in [4.69, 9.17) is 10.5 Å². The average molecular weight is 521 g/mol. The van der Waals surface area contributed by atoms with Gasteiger partial charge in [-0.15, -0.1) is 0 Å². The molecule has 0 fully saturated rings. The number of unbranched alkanes of at least 4 members (excludes halogenated alkanes) is 9. The molecule has 0 atom stereocenters. The van der Waals surface area contributed by atoms with E-state index in [1.165, 1.54) is 62.8 Å². The summed E-state index contributed by atoms with van der Waals surface area (Å²) in [6.45, 7) is 1.37. The zero-order chi connectivity index (χ0) is 27.3. The quantitative estimate of drug-likeness (QED) is 0.0808. The minimum atomic E-state index is -0.273. The summed E-state index contributed by atoms with van der Waals surface area (Å²) in [5, 5.41) is 23.1. The van der Waals surface area contributed by atoms with Gasteiger partial charge in [-0.1, -0.05) is 75.6 Å². The number of benzene rings is 2. The number of amidine groups is 2. The van der Waals surface area contributed by atoms with Crippen LogP contribution in [-0.2, 0) is 12.8 Å². The second-order valence-electron chi connectivity index (χ2n) is 9.27. The van der Waals surface area contributed by atoms with Crippen LogP contribution in [0.2, 0.25) is 0 Å². The summed E-state index contributed by atoms with van der Waals surface area (Å²) in [5.41, 5.74) is 1.84. The number of hydrogen-bond acceptors (Lipinski definition) is 4. The molecule has 0 aliphatic carbocycles. The maximum Gasteiger partial charge on any atom is 0.182 e. The smallest absolute Gasteiger partial charge is 0.182 e. The first-order chi connectivity index (χ1) is 18.6. The number of aliphatic imine (C=N–C) groups is 2. The molecule has 0 unspecified atom stereocenters. The summed E-state index contributed by atoms with van der Waals surface area (Å²) < 4.78 is 26.1. The van der Waals surface area contributed by atoms with Crippen molar-refractivity contribution in [3.63, 3.8) is 0 Å². The van der Waals surface area contributed by atoms with E-state index in [-0.39, 0.29) is 11.6 Å². The van der Waals surface area contributed by atoms with Gasteiger partial charge in [-0.25, -0.2) is 8.78 Å². The Labute approximate surface area is 225 Å². The van der Waals surface area contributed by atoms with E-state index in [1.54, 1.807) is 24.3 Å². The van der Waals surface area contributed by atoms with Gasteiger partial charge in [0.25, 0.3) is 0 Å². The molecule has 6 nitrogen and oxygen atoms in total. The Morgan fingerprint density at radius 3 is 1.18 bits per heavy atom. The molecule has 0 spiro atoms. The maximum absolute atomic E-state index is 13.0. The third-order valence-electron chi connectivity index (χ3n) is 6.14. The largest absolute Gasteiger partial charge is 0.280 e. The van der Waals surface area contributed by atoms with Gasteiger partial charge in [0.05, 0.1) is 0 Å². The van der Waals surface area contributed by atoms with Crippen molar-refractivity contribution < 1.29 is 8.78 Å². The van der Waals surface area contributed by atoms with Crippen molar-refractivity contribution in [2.45, 2.75) is 77.0 Å². The second-order valence-corrected chi connectivity index (χ2v) is 9.27. The summed E-state index contributed by atoms with van der Waals surface area (Å²) in [6, 6.07) is 12.5. The predicted octanol–water partition coefficient (Wildman–Crippen LogP) is 6.59. The van der Waals surface area contributed by atoms with Crippen LogP contribution in [0.1, 0.15) is 75.3 Å². The lowest BCUT2D eigenvalue weighted by atomic mass is 10.1. The van der Waals surface area contributed by atoms with E-state index in [2.05, 4.69) is 20.6 Å². The molecule has 2 aromatic carbocycles. The van der Waals surface area contributed by atoms with E-state index in [9.17, 15) is 8.78 Å². The minimum Gasteiger partial charge on any atom is -0.280 e. The molecule has 8 heteroatoms. The first-order valence-electron chi connectivity index (χ1n) is 13.5. The Morgan fingerprint density at radius 2 is 0.868 bits per heavy atom. The van der Waals surface area contributed by atoms with Crippen LogP contribution in [0.3, 0.4) is 0 Å². The minimum absolute atomic E-state index is 0.273. The zero-order valence-corrected chi connectivity index (χ0v) is 22.1. The molecule has 0 aromatic heterocycles. The van der Waals surface area contributed by atoms with E-state index in [1.807, 2.05) is 12.4 Å². The van der Waals surface area contributed by atoms with Crippen LogP contribution in [0.15, 0.2) is 58.5 Å². The van der Waals surface area contributed by atoms with Crippen LogP contribution >= 0.6 is 0 Å². The SMILES string of the molecule is N#CNC(Cc1ccc(F)cc1)=NCCCCCCCCCCCCN=C(Cc1ccc(F)cc1)NC#N. The van der Waals surface area contributed by atoms with Crippen LogP contribution in [0.4, 0.5) is 8.78 Å². The van der Waals surface area contributed by atoms with Crippen LogP contribution in [0, 0.1) is 34.5 Å². The van der Waals surface area contributed by atoms with Gasteiger partial charge in [0.1, 0.15) is 23.3 Å². The lowest BCUT2D eigenvalue weighted by Gasteiger charge is -2.06. The Balaban J connectivity index is 1.48. The summed E-state index contributed by atoms with van der Waals surface area (Å²) in [4.78, 5) is 9.01. The highest BCUT2D eigenvalue weighted by Gasteiger charge is 2.03. The number of nitrogens with one attached hydrogen (secondary N) is 2. The van der Waals surface area contributed by atoms with E-state index >= 15 is 0 Å². The van der Waals surface area contributed by atoms with E-state index < -0.39 is 0 Å². The topological polar surface area (TPSA) is 96.4 Å². The van der Waals surface area contributed by atoms with Crippen molar-refractivity contribution in [2.75, 3.05) is 13.1 Å². The summed E-state index contributed by atoms with van der Waals surface area (Å²) in [7, 11) is 0. The van der Waals surface area contributed by atoms with Crippen LogP contribution in [-0.4, -0.2) is 24.8 Å². The highest BCUT2D eigenvalue weighted by molar-refractivity contribution is 5.86. The van der Waals surface area contributed by atoms with Crippen LogP contribution < -0.4 is 10.6 Å². The highest BCUT2D eigenvalue weighted by atomic mass is 19.1. The number of nitriles is 2. The van der Waals surface area contributed by atoms with Crippen molar-refractivity contribution in [1.82, 2.24) is 10.6 Å². The fraction of sp³-hybridized carbons (Fsp3) is 0.467. The fourth-order valence-corrected chi connectivity index (χ4v) is 4.07. The summed E-state index contributed by atoms with van der Waals surface area (Å²) >= 11 is 0. The molecule has 2 rings (SSSR count). The molecule has 0 aliphatic rings. The van der Waals surface area contributed by atoms with Gasteiger partial charge in [-0.3, -0.25) is 20.6 Å². The molecule has 0 saturated carbocycles. The molecule has 0 saturated heterocycles. The number of nitrogens with zero attached hydrogens (tertiary/aromatic N) is 4. The molecule has 0 radical (unpaired) electrons. The molecule has 38 heavy (non-hydrogen) atoms. The monoisotopic (exact) mass is 520 g/mol. The summed E-state index contributed by atoms with van der Waals surface area (Å²) in [5.74, 6) is 0.696. The van der Waals surface area contributed by atoms with Crippen molar-refractivity contribution in [1.29, 1.82) is 10.5 Å². The second kappa shape index (κ2) is 19.3. The third-order valence-corrected chi connectivity index (χ3v) is 6.14. The van der Waals surface area contributed by atoms with Gasteiger partial charge < -0.3 is 0 Å². The number of hydrogen-bond donors (Lipinski definition) is 2. The third kappa shape index (κ3) is 14.1. The normalized spacial score (nSPS) is 11.6. The molecule has 202 valence electrons. The van der Waals surface area contributed by atoms with Crippen LogP contribution in [0.5, 0.6) is 0 Å². The first-order valence-corrected chi connectivity index (χ1v) is 13.5. The predicted molar refractivity (Wildman–Crippen MR) is 148 cm³/mol. The number of halogens is 2. The fourth-order valence-electron chi connectivity index (χ4n) is 4.07. The van der Waals surface area contributed by atoms with Crippen molar-refractivity contribution in [3.8, 4) is 12.4 Å².